The van der Waals surface area contributed by atoms with Gasteiger partial charge >= 0.3 is 0 Å². The molecular formula is C6H9ClN2S. The zero-order valence-electron chi connectivity index (χ0n) is 5.56. The predicted octanol–water partition coefficient (Wildman–Crippen LogP) is 1.43. The Hall–Kier alpha value is -0.150. The van der Waals surface area contributed by atoms with Gasteiger partial charge in [-0.15, -0.1) is 0 Å². The van der Waals surface area contributed by atoms with Crippen molar-refractivity contribution in [2.75, 3.05) is 18.8 Å². The highest BCUT2D eigenvalue weighted by atomic mass is 35.5. The third-order valence-electron chi connectivity index (χ3n) is 1.01. The van der Waals surface area contributed by atoms with Gasteiger partial charge in [0, 0.05) is 17.3 Å². The summed E-state index contributed by atoms with van der Waals surface area (Å²) in [6.07, 6.45) is 0. The van der Waals surface area contributed by atoms with Crippen molar-refractivity contribution in [3.63, 3.8) is 0 Å². The Morgan fingerprint density at radius 2 is 2.70 bits per heavy atom. The molecule has 2 nitrogen and oxygen atoms in total. The maximum Gasteiger partial charge on any atom is 0.157 e. The summed E-state index contributed by atoms with van der Waals surface area (Å²) in [6.45, 7) is 5.42. The molecule has 10 heavy (non-hydrogen) atoms. The van der Waals surface area contributed by atoms with E-state index >= 15 is 0 Å². The molecule has 0 saturated carbocycles. The summed E-state index contributed by atoms with van der Waals surface area (Å²) in [7, 11) is 0. The van der Waals surface area contributed by atoms with Gasteiger partial charge in [0.05, 0.1) is 6.54 Å². The SMILES string of the molecule is C=C(Cl)CSC1=NCCN1. The molecule has 4 heteroatoms. The number of halogens is 1. The van der Waals surface area contributed by atoms with E-state index in [1.54, 1.807) is 11.8 Å². The first kappa shape index (κ1) is 7.95. The first-order valence-electron chi connectivity index (χ1n) is 3.03. The van der Waals surface area contributed by atoms with Crippen LogP contribution in [-0.4, -0.2) is 24.0 Å². The van der Waals surface area contributed by atoms with Crippen LogP contribution in [0.2, 0.25) is 0 Å². The second-order valence-electron chi connectivity index (χ2n) is 1.92. The highest BCUT2D eigenvalue weighted by Gasteiger charge is 2.04. The standard InChI is InChI=1S/C6H9ClN2S/c1-5(7)4-10-6-8-2-3-9-6/h1-4H2,(H,8,9). The molecule has 1 aliphatic rings. The molecule has 0 spiro atoms. The lowest BCUT2D eigenvalue weighted by molar-refractivity contribution is 0.963. The summed E-state index contributed by atoms with van der Waals surface area (Å²) in [6, 6.07) is 0. The van der Waals surface area contributed by atoms with Gasteiger partial charge < -0.3 is 5.32 Å². The number of nitrogens with one attached hydrogen (secondary N) is 1. The minimum absolute atomic E-state index is 0.668. The second kappa shape index (κ2) is 3.88. The average molecular weight is 177 g/mol. The first-order chi connectivity index (χ1) is 4.79. The minimum Gasteiger partial charge on any atom is -0.363 e. The lowest BCUT2D eigenvalue weighted by Gasteiger charge is -1.98. The normalized spacial score (nSPS) is 16.3. The van der Waals surface area contributed by atoms with Gasteiger partial charge in [0.25, 0.3) is 0 Å². The van der Waals surface area contributed by atoms with Crippen LogP contribution in [0.25, 0.3) is 0 Å². The van der Waals surface area contributed by atoms with Crippen LogP contribution in [0.3, 0.4) is 0 Å². The Kier molecular flexibility index (Phi) is 3.09. The maximum absolute atomic E-state index is 5.56. The van der Waals surface area contributed by atoms with Gasteiger partial charge in [-0.3, -0.25) is 4.99 Å². The number of nitrogens with zero attached hydrogens (tertiary/aromatic N) is 1. The summed E-state index contributed by atoms with van der Waals surface area (Å²) < 4.78 is 0. The van der Waals surface area contributed by atoms with Crippen LogP contribution >= 0.6 is 23.4 Å². The molecule has 0 aromatic carbocycles. The first-order valence-corrected chi connectivity index (χ1v) is 4.40. The summed E-state index contributed by atoms with van der Waals surface area (Å²) in [5.74, 6) is 0.743. The Morgan fingerprint density at radius 1 is 1.90 bits per heavy atom. The van der Waals surface area contributed by atoms with Crippen LogP contribution in [0, 0.1) is 0 Å². The molecule has 0 radical (unpaired) electrons. The Labute approximate surface area is 69.7 Å². The van der Waals surface area contributed by atoms with E-state index in [-0.39, 0.29) is 0 Å². The third-order valence-corrected chi connectivity index (χ3v) is 2.34. The van der Waals surface area contributed by atoms with Crippen LogP contribution in [0.5, 0.6) is 0 Å². The van der Waals surface area contributed by atoms with Gasteiger partial charge in [-0.25, -0.2) is 0 Å². The lowest BCUT2D eigenvalue weighted by Crippen LogP contribution is -2.15. The quantitative estimate of drug-likeness (QED) is 0.689. The van der Waals surface area contributed by atoms with Crippen molar-refractivity contribution in [1.29, 1.82) is 0 Å². The van der Waals surface area contributed by atoms with E-state index in [1.807, 2.05) is 0 Å². The molecule has 1 aliphatic heterocycles. The Bertz CT molecular complexity index is 167. The lowest BCUT2D eigenvalue weighted by atomic mass is 10.7. The van der Waals surface area contributed by atoms with Crippen LogP contribution in [-0.2, 0) is 0 Å². The van der Waals surface area contributed by atoms with E-state index in [1.165, 1.54) is 0 Å². The number of aliphatic imine (C=N–C) groups is 1. The van der Waals surface area contributed by atoms with Crippen molar-refractivity contribution in [3.05, 3.63) is 11.6 Å². The Morgan fingerprint density at radius 3 is 3.20 bits per heavy atom. The van der Waals surface area contributed by atoms with Crippen molar-refractivity contribution in [2.45, 2.75) is 0 Å². The van der Waals surface area contributed by atoms with Gasteiger partial charge in [0.2, 0.25) is 0 Å². The molecule has 0 saturated heterocycles. The fourth-order valence-corrected chi connectivity index (χ4v) is 1.46. The number of hydrogen-bond acceptors (Lipinski definition) is 3. The van der Waals surface area contributed by atoms with Crippen LogP contribution in [0.1, 0.15) is 0 Å². The molecule has 0 fully saturated rings. The monoisotopic (exact) mass is 176 g/mol. The molecule has 0 bridgehead atoms. The number of thioether (sulfide) groups is 1. The molecule has 0 aromatic heterocycles. The van der Waals surface area contributed by atoms with E-state index in [4.69, 9.17) is 11.6 Å². The minimum atomic E-state index is 0.668. The van der Waals surface area contributed by atoms with E-state index in [9.17, 15) is 0 Å². The average Bonchev–Trinajstić information content (AvgIpc) is 2.34. The van der Waals surface area contributed by atoms with Crippen molar-refractivity contribution in [2.24, 2.45) is 4.99 Å². The molecule has 0 unspecified atom stereocenters. The van der Waals surface area contributed by atoms with Gasteiger partial charge in [-0.2, -0.15) is 0 Å². The summed E-state index contributed by atoms with van der Waals surface area (Å²) in [5.41, 5.74) is 0. The van der Waals surface area contributed by atoms with Crippen LogP contribution < -0.4 is 5.32 Å². The molecule has 0 aromatic rings. The van der Waals surface area contributed by atoms with Gasteiger partial charge in [-0.05, 0) is 0 Å². The Balaban J connectivity index is 2.19. The zero-order valence-corrected chi connectivity index (χ0v) is 7.13. The van der Waals surface area contributed by atoms with Gasteiger partial charge in [-0.1, -0.05) is 29.9 Å². The summed E-state index contributed by atoms with van der Waals surface area (Å²) >= 11 is 7.16. The largest absolute Gasteiger partial charge is 0.363 e. The van der Waals surface area contributed by atoms with E-state index < -0.39 is 0 Å². The topological polar surface area (TPSA) is 24.4 Å². The molecular weight excluding hydrogens is 168 g/mol. The molecule has 1 heterocycles. The zero-order chi connectivity index (χ0) is 7.40. The number of hydrogen-bond donors (Lipinski definition) is 1. The smallest absolute Gasteiger partial charge is 0.157 e. The summed E-state index contributed by atoms with van der Waals surface area (Å²) in [5, 5.41) is 4.78. The van der Waals surface area contributed by atoms with Crippen LogP contribution in [0.15, 0.2) is 16.6 Å². The van der Waals surface area contributed by atoms with E-state index in [2.05, 4.69) is 16.9 Å². The highest BCUT2D eigenvalue weighted by molar-refractivity contribution is 8.14. The van der Waals surface area contributed by atoms with Crippen molar-refractivity contribution in [3.8, 4) is 0 Å². The van der Waals surface area contributed by atoms with Crippen molar-refractivity contribution >= 4 is 28.5 Å². The maximum atomic E-state index is 5.56. The second-order valence-corrected chi connectivity index (χ2v) is 3.42. The van der Waals surface area contributed by atoms with Crippen molar-refractivity contribution in [1.82, 2.24) is 5.32 Å². The summed E-state index contributed by atoms with van der Waals surface area (Å²) in [4.78, 5) is 4.18. The predicted molar refractivity (Wildman–Crippen MR) is 47.8 cm³/mol. The molecule has 1 rings (SSSR count). The molecule has 0 atom stereocenters. The number of rotatable bonds is 2. The van der Waals surface area contributed by atoms with Gasteiger partial charge in [0.15, 0.2) is 5.17 Å². The van der Waals surface area contributed by atoms with Crippen molar-refractivity contribution < 1.29 is 0 Å². The molecule has 56 valence electrons. The van der Waals surface area contributed by atoms with E-state index in [0.717, 1.165) is 24.0 Å². The van der Waals surface area contributed by atoms with Gasteiger partial charge in [0.1, 0.15) is 0 Å². The molecule has 1 N–H and O–H groups in total. The van der Waals surface area contributed by atoms with E-state index in [0.29, 0.717) is 5.03 Å². The molecule has 0 amide bonds. The number of amidine groups is 1. The fourth-order valence-electron chi connectivity index (χ4n) is 0.620. The van der Waals surface area contributed by atoms with Crippen LogP contribution in [0.4, 0.5) is 0 Å². The highest BCUT2D eigenvalue weighted by Crippen LogP contribution is 2.11. The third kappa shape index (κ3) is 2.62. The molecule has 0 aliphatic carbocycles. The fraction of sp³-hybridized carbons (Fsp3) is 0.500.